The number of benzene rings is 1. The highest BCUT2D eigenvalue weighted by Crippen LogP contribution is 2.22. The molecule has 154 valence electrons. The Morgan fingerprint density at radius 3 is 2.62 bits per heavy atom. The molecule has 2 aromatic rings. The number of hydrogen-bond donors (Lipinski definition) is 1. The molecule has 0 saturated carbocycles. The molecule has 1 aliphatic heterocycles. The Hall–Kier alpha value is -2.47. The zero-order valence-electron chi connectivity index (χ0n) is 17.0. The molecule has 1 aliphatic carbocycles. The summed E-state index contributed by atoms with van der Waals surface area (Å²) in [5.74, 6) is 0.139. The molecule has 2 heterocycles. The molecule has 1 N–H and O–H groups in total. The molecule has 0 bridgehead atoms. The van der Waals surface area contributed by atoms with E-state index in [0.717, 1.165) is 68.7 Å². The molecule has 5 nitrogen and oxygen atoms in total. The molecule has 1 unspecified atom stereocenters. The summed E-state index contributed by atoms with van der Waals surface area (Å²) >= 11 is 0. The molecule has 6 heteroatoms. The van der Waals surface area contributed by atoms with Gasteiger partial charge in [0.05, 0.1) is 11.4 Å². The Labute approximate surface area is 171 Å². The van der Waals surface area contributed by atoms with Gasteiger partial charge in [-0.3, -0.25) is 14.4 Å². The molecule has 1 saturated heterocycles. The molecule has 1 aromatic carbocycles. The third-order valence-electron chi connectivity index (χ3n) is 6.08. The summed E-state index contributed by atoms with van der Waals surface area (Å²) in [5.41, 5.74) is 2.93. The largest absolute Gasteiger partial charge is 0.353 e. The summed E-state index contributed by atoms with van der Waals surface area (Å²) in [6.07, 6.45) is 9.13. The number of carbonyl (C=O) groups excluding carboxylic acids is 1. The highest BCUT2D eigenvalue weighted by atomic mass is 19.1. The lowest BCUT2D eigenvalue weighted by Gasteiger charge is -2.33. The van der Waals surface area contributed by atoms with Gasteiger partial charge in [-0.15, -0.1) is 0 Å². The lowest BCUT2D eigenvalue weighted by Crippen LogP contribution is -2.46. The van der Waals surface area contributed by atoms with Crippen LogP contribution in [0.2, 0.25) is 0 Å². The second kappa shape index (κ2) is 8.91. The van der Waals surface area contributed by atoms with Gasteiger partial charge in [0.15, 0.2) is 0 Å². The minimum absolute atomic E-state index is 0.150. The quantitative estimate of drug-likeness (QED) is 0.785. The van der Waals surface area contributed by atoms with Gasteiger partial charge in [-0.1, -0.05) is 12.2 Å². The number of carbonyl (C=O) groups is 1. The predicted octanol–water partition coefficient (Wildman–Crippen LogP) is 3.66. The number of likely N-dealkylation sites (tertiary alicyclic amines) is 1. The summed E-state index contributed by atoms with van der Waals surface area (Å²) in [5, 5.41) is 7.85. The van der Waals surface area contributed by atoms with Crippen LogP contribution in [0.5, 0.6) is 0 Å². The predicted molar refractivity (Wildman–Crippen MR) is 112 cm³/mol. The molecule has 1 atom stereocenters. The van der Waals surface area contributed by atoms with Gasteiger partial charge in [-0.25, -0.2) is 4.39 Å². The van der Waals surface area contributed by atoms with Crippen LogP contribution >= 0.6 is 0 Å². The van der Waals surface area contributed by atoms with Gasteiger partial charge in [-0.2, -0.15) is 5.10 Å². The van der Waals surface area contributed by atoms with Gasteiger partial charge in [0.25, 0.3) is 0 Å². The normalized spacial score (nSPS) is 20.7. The minimum Gasteiger partial charge on any atom is -0.353 e. The first-order valence-electron chi connectivity index (χ1n) is 10.5. The Morgan fingerprint density at radius 1 is 1.17 bits per heavy atom. The molecule has 1 aromatic heterocycles. The Balaban J connectivity index is 1.29. The third kappa shape index (κ3) is 4.93. The maximum absolute atomic E-state index is 13.2. The van der Waals surface area contributed by atoms with Crippen molar-refractivity contribution >= 4 is 5.91 Å². The van der Waals surface area contributed by atoms with Crippen LogP contribution in [0, 0.1) is 11.7 Å². The fourth-order valence-corrected chi connectivity index (χ4v) is 4.23. The summed E-state index contributed by atoms with van der Waals surface area (Å²) in [6, 6.07) is 8.82. The molecule has 29 heavy (non-hydrogen) atoms. The highest BCUT2D eigenvalue weighted by Gasteiger charge is 2.25. The van der Waals surface area contributed by atoms with E-state index >= 15 is 0 Å². The molecule has 4 rings (SSSR count). The number of rotatable bonds is 5. The number of piperidine rings is 1. The average Bonchev–Trinajstić information content (AvgIpc) is 3.11. The topological polar surface area (TPSA) is 50.2 Å². The Morgan fingerprint density at radius 2 is 1.93 bits per heavy atom. The van der Waals surface area contributed by atoms with Crippen LogP contribution in [0.1, 0.15) is 37.8 Å². The number of aryl methyl sites for hydroxylation is 1. The van der Waals surface area contributed by atoms with E-state index in [9.17, 15) is 9.18 Å². The Kier molecular flexibility index (Phi) is 6.09. The molecule has 0 radical (unpaired) electrons. The number of allylic oxidation sites excluding steroid dienone is 2. The van der Waals surface area contributed by atoms with Crippen LogP contribution < -0.4 is 5.32 Å². The van der Waals surface area contributed by atoms with Gasteiger partial charge in [-0.05, 0) is 62.4 Å². The third-order valence-corrected chi connectivity index (χ3v) is 6.08. The van der Waals surface area contributed by atoms with Gasteiger partial charge in [0.2, 0.25) is 5.91 Å². The summed E-state index contributed by atoms with van der Waals surface area (Å²) in [6.45, 7) is 2.76. The number of halogens is 1. The van der Waals surface area contributed by atoms with E-state index in [-0.39, 0.29) is 23.7 Å². The van der Waals surface area contributed by atoms with E-state index in [0.29, 0.717) is 0 Å². The van der Waals surface area contributed by atoms with Crippen LogP contribution in [-0.2, 0) is 18.4 Å². The number of nitrogens with zero attached hydrogens (tertiary/aromatic N) is 3. The fraction of sp³-hybridized carbons (Fsp3) is 0.478. The van der Waals surface area contributed by atoms with E-state index in [4.69, 9.17) is 0 Å². The van der Waals surface area contributed by atoms with E-state index in [2.05, 4.69) is 33.5 Å². The van der Waals surface area contributed by atoms with Gasteiger partial charge in [0.1, 0.15) is 5.82 Å². The van der Waals surface area contributed by atoms with Crippen molar-refractivity contribution < 1.29 is 9.18 Å². The maximum Gasteiger partial charge on any atom is 0.223 e. The lowest BCUT2D eigenvalue weighted by molar-refractivity contribution is -0.126. The van der Waals surface area contributed by atoms with E-state index < -0.39 is 0 Å². The van der Waals surface area contributed by atoms with Crippen molar-refractivity contribution in [1.29, 1.82) is 0 Å². The molecule has 1 amide bonds. The number of hydrogen-bond acceptors (Lipinski definition) is 3. The van der Waals surface area contributed by atoms with Gasteiger partial charge < -0.3 is 5.32 Å². The van der Waals surface area contributed by atoms with Crippen LogP contribution in [0.25, 0.3) is 11.3 Å². The first-order valence-corrected chi connectivity index (χ1v) is 10.5. The SMILES string of the molecule is Cn1nc(-c2ccc(F)cc2)cc1CN1CCC(NC(=O)C2CC=CCC2)CC1. The van der Waals surface area contributed by atoms with Gasteiger partial charge in [0, 0.05) is 44.2 Å². The second-order valence-corrected chi connectivity index (χ2v) is 8.19. The maximum atomic E-state index is 13.2. The zero-order chi connectivity index (χ0) is 20.2. The second-order valence-electron chi connectivity index (χ2n) is 8.19. The first kappa shape index (κ1) is 19.8. The summed E-state index contributed by atoms with van der Waals surface area (Å²) in [7, 11) is 1.95. The molecular formula is C23H29FN4O. The smallest absolute Gasteiger partial charge is 0.223 e. The van der Waals surface area contributed by atoms with Crippen LogP contribution in [0.3, 0.4) is 0 Å². The zero-order valence-corrected chi connectivity index (χ0v) is 17.0. The standard InChI is InChI=1S/C23H29FN4O/c1-27-21(15-22(26-27)17-7-9-19(24)10-8-17)16-28-13-11-20(12-14-28)25-23(29)18-5-3-2-4-6-18/h2-3,7-10,15,18,20H,4-6,11-14,16H2,1H3,(H,25,29). The van der Waals surface area contributed by atoms with Crippen LogP contribution in [0.4, 0.5) is 4.39 Å². The van der Waals surface area contributed by atoms with Crippen molar-refractivity contribution in [2.75, 3.05) is 13.1 Å². The summed E-state index contributed by atoms with van der Waals surface area (Å²) in [4.78, 5) is 14.9. The molecule has 1 fully saturated rings. The van der Waals surface area contributed by atoms with Crippen LogP contribution in [0.15, 0.2) is 42.5 Å². The van der Waals surface area contributed by atoms with Crippen molar-refractivity contribution in [1.82, 2.24) is 20.0 Å². The van der Waals surface area contributed by atoms with Crippen molar-refractivity contribution in [2.45, 2.75) is 44.7 Å². The monoisotopic (exact) mass is 396 g/mol. The molecule has 2 aliphatic rings. The van der Waals surface area contributed by atoms with E-state index in [1.54, 1.807) is 12.1 Å². The highest BCUT2D eigenvalue weighted by molar-refractivity contribution is 5.79. The fourth-order valence-electron chi connectivity index (χ4n) is 4.23. The molecular weight excluding hydrogens is 367 g/mol. The number of nitrogens with one attached hydrogen (secondary N) is 1. The van der Waals surface area contributed by atoms with E-state index in [1.807, 2.05) is 11.7 Å². The van der Waals surface area contributed by atoms with Crippen LogP contribution in [-0.4, -0.2) is 39.7 Å². The minimum atomic E-state index is -0.236. The molecule has 0 spiro atoms. The summed E-state index contributed by atoms with van der Waals surface area (Å²) < 4.78 is 15.1. The lowest BCUT2D eigenvalue weighted by atomic mass is 9.93. The Bertz CT molecular complexity index is 866. The van der Waals surface area contributed by atoms with E-state index in [1.165, 1.54) is 12.1 Å². The number of aromatic nitrogens is 2. The number of amides is 1. The van der Waals surface area contributed by atoms with Crippen molar-refractivity contribution in [3.05, 3.63) is 54.0 Å². The average molecular weight is 397 g/mol. The first-order chi connectivity index (χ1) is 14.1. The van der Waals surface area contributed by atoms with Gasteiger partial charge >= 0.3 is 0 Å². The van der Waals surface area contributed by atoms with Crippen molar-refractivity contribution in [2.24, 2.45) is 13.0 Å². The van der Waals surface area contributed by atoms with Crippen molar-refractivity contribution in [3.63, 3.8) is 0 Å². The van der Waals surface area contributed by atoms with Crippen molar-refractivity contribution in [3.8, 4) is 11.3 Å².